The molecule has 0 bridgehead atoms. The van der Waals surface area contributed by atoms with Crippen LogP contribution in [0.15, 0.2) is 36.4 Å². The molecule has 1 heterocycles. The minimum absolute atomic E-state index is 0.101. The lowest BCUT2D eigenvalue weighted by atomic mass is 9.90. The van der Waals surface area contributed by atoms with Crippen LogP contribution in [-0.2, 0) is 4.79 Å². The lowest BCUT2D eigenvalue weighted by molar-refractivity contribution is -0.104. The summed E-state index contributed by atoms with van der Waals surface area (Å²) in [6, 6.07) is 9.24. The van der Waals surface area contributed by atoms with E-state index < -0.39 is 6.10 Å². The molecule has 0 amide bonds. The number of carbonyl (C=O) groups excluding carboxylic acids is 1. The Balaban J connectivity index is 2.05. The summed E-state index contributed by atoms with van der Waals surface area (Å²) in [5.41, 5.74) is 2.49. The minimum Gasteiger partial charge on any atom is -0.493 e. The van der Waals surface area contributed by atoms with Crippen LogP contribution in [0.1, 0.15) is 28.7 Å². The number of methoxy groups -OCH3 is 3. The molecule has 1 N–H and O–H groups in total. The van der Waals surface area contributed by atoms with E-state index in [4.69, 9.17) is 18.9 Å². The quantitative estimate of drug-likeness (QED) is 0.596. The van der Waals surface area contributed by atoms with E-state index in [1.54, 1.807) is 33.5 Å². The fraction of sp³-hybridized carbons (Fsp3) is 0.286. The Bertz CT molecular complexity index is 858. The third-order valence-electron chi connectivity index (χ3n) is 4.64. The Morgan fingerprint density at radius 2 is 1.78 bits per heavy atom. The monoisotopic (exact) mass is 370 g/mol. The van der Waals surface area contributed by atoms with Gasteiger partial charge < -0.3 is 24.1 Å². The Kier molecular flexibility index (Phi) is 5.66. The summed E-state index contributed by atoms with van der Waals surface area (Å²) < 4.78 is 22.3. The molecule has 0 aromatic heterocycles. The number of benzene rings is 2. The van der Waals surface area contributed by atoms with E-state index in [1.807, 2.05) is 24.3 Å². The highest BCUT2D eigenvalue weighted by atomic mass is 16.5. The van der Waals surface area contributed by atoms with Gasteiger partial charge in [-0.15, -0.1) is 0 Å². The maximum absolute atomic E-state index is 10.6. The average Bonchev–Trinajstić information content (AvgIpc) is 3.09. The van der Waals surface area contributed by atoms with Gasteiger partial charge in [-0.1, -0.05) is 12.1 Å². The van der Waals surface area contributed by atoms with Gasteiger partial charge >= 0.3 is 0 Å². The van der Waals surface area contributed by atoms with Crippen molar-refractivity contribution in [2.75, 3.05) is 27.9 Å². The normalized spacial score (nSPS) is 18.1. The molecular weight excluding hydrogens is 348 g/mol. The van der Waals surface area contributed by atoms with E-state index in [0.717, 1.165) is 16.7 Å². The standard InChI is InChI=1S/C21H22O6/c1-24-17-7-6-14(11-18(17)25-2)20-16(12-23)15-9-13(5-4-8-22)10-19(26-3)21(15)27-20/h4-11,16,20,23H,12H2,1-3H3/t16-,20+/m1/s1. The van der Waals surface area contributed by atoms with Gasteiger partial charge in [0.2, 0.25) is 0 Å². The van der Waals surface area contributed by atoms with Gasteiger partial charge in [-0.2, -0.15) is 0 Å². The van der Waals surface area contributed by atoms with Crippen molar-refractivity contribution in [2.24, 2.45) is 0 Å². The van der Waals surface area contributed by atoms with Crippen molar-refractivity contribution >= 4 is 12.4 Å². The second-order valence-corrected chi connectivity index (χ2v) is 6.08. The number of fused-ring (bicyclic) bond motifs is 1. The fourth-order valence-corrected chi connectivity index (χ4v) is 3.34. The van der Waals surface area contributed by atoms with Crippen LogP contribution in [-0.4, -0.2) is 39.3 Å². The number of hydrogen-bond acceptors (Lipinski definition) is 6. The van der Waals surface area contributed by atoms with Crippen molar-refractivity contribution in [3.8, 4) is 23.0 Å². The molecule has 6 nitrogen and oxygen atoms in total. The predicted molar refractivity (Wildman–Crippen MR) is 101 cm³/mol. The van der Waals surface area contributed by atoms with Crippen molar-refractivity contribution in [1.82, 2.24) is 0 Å². The van der Waals surface area contributed by atoms with Gasteiger partial charge in [-0.05, 0) is 41.5 Å². The first-order chi connectivity index (χ1) is 13.2. The molecule has 1 aliphatic heterocycles. The van der Waals surface area contributed by atoms with Crippen LogP contribution in [0.2, 0.25) is 0 Å². The van der Waals surface area contributed by atoms with Crippen LogP contribution < -0.4 is 18.9 Å². The summed E-state index contributed by atoms with van der Waals surface area (Å²) in [7, 11) is 4.71. The lowest BCUT2D eigenvalue weighted by Crippen LogP contribution is -2.13. The first kappa shape index (κ1) is 18.8. The minimum atomic E-state index is -0.399. The Morgan fingerprint density at radius 1 is 1.04 bits per heavy atom. The predicted octanol–water partition coefficient (Wildman–Crippen LogP) is 3.13. The van der Waals surface area contributed by atoms with E-state index in [2.05, 4.69) is 0 Å². The largest absolute Gasteiger partial charge is 0.493 e. The van der Waals surface area contributed by atoms with Gasteiger partial charge in [0.15, 0.2) is 23.0 Å². The number of hydrogen-bond donors (Lipinski definition) is 1. The molecule has 0 aliphatic carbocycles. The van der Waals surface area contributed by atoms with Crippen LogP contribution in [0.25, 0.3) is 6.08 Å². The van der Waals surface area contributed by atoms with E-state index in [-0.39, 0.29) is 12.5 Å². The third kappa shape index (κ3) is 3.48. The molecular formula is C21H22O6. The highest BCUT2D eigenvalue weighted by Gasteiger charge is 2.37. The van der Waals surface area contributed by atoms with Crippen LogP contribution in [0.5, 0.6) is 23.0 Å². The van der Waals surface area contributed by atoms with Crippen molar-refractivity contribution in [3.63, 3.8) is 0 Å². The number of aldehydes is 1. The van der Waals surface area contributed by atoms with E-state index >= 15 is 0 Å². The van der Waals surface area contributed by atoms with Gasteiger partial charge in [0.1, 0.15) is 12.4 Å². The van der Waals surface area contributed by atoms with Gasteiger partial charge in [0.25, 0.3) is 0 Å². The van der Waals surface area contributed by atoms with Crippen molar-refractivity contribution in [2.45, 2.75) is 12.0 Å². The fourth-order valence-electron chi connectivity index (χ4n) is 3.34. The first-order valence-electron chi connectivity index (χ1n) is 8.50. The molecule has 0 radical (unpaired) electrons. The summed E-state index contributed by atoms with van der Waals surface area (Å²) >= 11 is 0. The molecule has 0 fully saturated rings. The van der Waals surface area contributed by atoms with Gasteiger partial charge in [-0.25, -0.2) is 0 Å². The third-order valence-corrected chi connectivity index (χ3v) is 4.64. The number of carbonyl (C=O) groups is 1. The number of aliphatic hydroxyl groups excluding tert-OH is 1. The average molecular weight is 370 g/mol. The molecule has 2 aromatic carbocycles. The van der Waals surface area contributed by atoms with Crippen molar-refractivity contribution < 1.29 is 28.8 Å². The summed E-state index contributed by atoms with van der Waals surface area (Å²) in [5.74, 6) is 2.08. The summed E-state index contributed by atoms with van der Waals surface area (Å²) in [6.07, 6.45) is 3.42. The number of aliphatic hydroxyl groups is 1. The van der Waals surface area contributed by atoms with Gasteiger partial charge in [0.05, 0.1) is 33.9 Å². The van der Waals surface area contributed by atoms with Gasteiger partial charge in [0, 0.05) is 5.56 Å². The zero-order valence-electron chi connectivity index (χ0n) is 15.5. The maximum atomic E-state index is 10.6. The van der Waals surface area contributed by atoms with Crippen LogP contribution in [0, 0.1) is 0 Å². The summed E-state index contributed by atoms with van der Waals surface area (Å²) in [6.45, 7) is -0.101. The maximum Gasteiger partial charge on any atom is 0.165 e. The molecule has 2 aromatic rings. The summed E-state index contributed by atoms with van der Waals surface area (Å²) in [5, 5.41) is 10.1. The topological polar surface area (TPSA) is 74.2 Å². The molecule has 0 saturated carbocycles. The van der Waals surface area contributed by atoms with Crippen molar-refractivity contribution in [3.05, 3.63) is 53.1 Å². The van der Waals surface area contributed by atoms with Crippen LogP contribution in [0.4, 0.5) is 0 Å². The Labute approximate surface area is 157 Å². The zero-order chi connectivity index (χ0) is 19.4. The Morgan fingerprint density at radius 3 is 2.41 bits per heavy atom. The summed E-state index contributed by atoms with van der Waals surface area (Å²) in [4.78, 5) is 10.6. The number of allylic oxidation sites excluding steroid dienone is 1. The molecule has 0 spiro atoms. The van der Waals surface area contributed by atoms with E-state index in [0.29, 0.717) is 29.3 Å². The number of ether oxygens (including phenoxy) is 4. The zero-order valence-corrected chi connectivity index (χ0v) is 15.5. The molecule has 0 saturated heterocycles. The highest BCUT2D eigenvalue weighted by molar-refractivity contribution is 5.75. The van der Waals surface area contributed by atoms with Crippen molar-refractivity contribution in [1.29, 1.82) is 0 Å². The van der Waals surface area contributed by atoms with Crippen LogP contribution >= 0.6 is 0 Å². The lowest BCUT2D eigenvalue weighted by Gasteiger charge is -2.19. The smallest absolute Gasteiger partial charge is 0.165 e. The van der Waals surface area contributed by atoms with E-state index in [1.165, 1.54) is 6.08 Å². The van der Waals surface area contributed by atoms with Gasteiger partial charge in [-0.3, -0.25) is 4.79 Å². The number of rotatable bonds is 7. The highest BCUT2D eigenvalue weighted by Crippen LogP contribution is 2.51. The molecule has 6 heteroatoms. The second kappa shape index (κ2) is 8.14. The molecule has 27 heavy (non-hydrogen) atoms. The molecule has 142 valence electrons. The second-order valence-electron chi connectivity index (χ2n) is 6.08. The van der Waals surface area contributed by atoms with E-state index in [9.17, 15) is 9.90 Å². The molecule has 1 aliphatic rings. The van der Waals surface area contributed by atoms with Crippen LogP contribution in [0.3, 0.4) is 0 Å². The Hall–Kier alpha value is -2.99. The first-order valence-corrected chi connectivity index (χ1v) is 8.50. The molecule has 2 atom stereocenters. The SMILES string of the molecule is COc1ccc([C@@H]2Oc3c(OC)cc(C=CC=O)cc3[C@H]2CO)cc1OC. The molecule has 0 unspecified atom stereocenters. The molecule has 3 rings (SSSR count).